The van der Waals surface area contributed by atoms with E-state index in [1.54, 1.807) is 26.4 Å². The van der Waals surface area contributed by atoms with Gasteiger partial charge in [0, 0.05) is 17.4 Å². The molecule has 5 heteroatoms. The van der Waals surface area contributed by atoms with Gasteiger partial charge in [-0.25, -0.2) is 0 Å². The van der Waals surface area contributed by atoms with Crippen molar-refractivity contribution in [3.05, 3.63) is 48.0 Å². The summed E-state index contributed by atoms with van der Waals surface area (Å²) in [6.07, 6.45) is 0. The summed E-state index contributed by atoms with van der Waals surface area (Å²) in [5.74, 6) is 1.15. The van der Waals surface area contributed by atoms with E-state index >= 15 is 0 Å². The number of hydrogen-bond donors (Lipinski definition) is 2. The number of methoxy groups -OCH3 is 2. The molecule has 2 aromatic rings. The largest absolute Gasteiger partial charge is 0.493 e. The summed E-state index contributed by atoms with van der Waals surface area (Å²) in [4.78, 5) is 11.9. The molecule has 0 saturated carbocycles. The predicted molar refractivity (Wildman–Crippen MR) is 87.8 cm³/mol. The minimum absolute atomic E-state index is 0.112. The van der Waals surface area contributed by atoms with Crippen molar-refractivity contribution in [3.63, 3.8) is 0 Å². The normalized spacial score (nSPS) is 9.95. The molecule has 22 heavy (non-hydrogen) atoms. The minimum atomic E-state index is -0.112. The standard InChI is InChI=1S/C17H20N2O3/c1-12-4-6-13(7-5-12)19-17(20)11-18-14-8-9-15(21-2)16(10-14)22-3/h4-10,18H,11H2,1-3H3,(H,19,20). The van der Waals surface area contributed by atoms with Crippen molar-refractivity contribution in [2.45, 2.75) is 6.92 Å². The van der Waals surface area contributed by atoms with Crippen LogP contribution >= 0.6 is 0 Å². The van der Waals surface area contributed by atoms with Gasteiger partial charge < -0.3 is 20.1 Å². The van der Waals surface area contributed by atoms with Gasteiger partial charge in [0.1, 0.15) is 0 Å². The van der Waals surface area contributed by atoms with Crippen LogP contribution in [0.3, 0.4) is 0 Å². The van der Waals surface area contributed by atoms with Gasteiger partial charge in [-0.05, 0) is 31.2 Å². The number of ether oxygens (including phenoxy) is 2. The highest BCUT2D eigenvalue weighted by molar-refractivity contribution is 5.93. The lowest BCUT2D eigenvalue weighted by Crippen LogP contribution is -2.21. The second-order valence-corrected chi connectivity index (χ2v) is 4.84. The van der Waals surface area contributed by atoms with Crippen molar-refractivity contribution in [3.8, 4) is 11.5 Å². The van der Waals surface area contributed by atoms with Gasteiger partial charge in [-0.3, -0.25) is 4.79 Å². The maximum Gasteiger partial charge on any atom is 0.243 e. The maximum atomic E-state index is 11.9. The molecule has 0 aromatic heterocycles. The topological polar surface area (TPSA) is 59.6 Å². The monoisotopic (exact) mass is 300 g/mol. The Morgan fingerprint density at radius 2 is 1.59 bits per heavy atom. The van der Waals surface area contributed by atoms with Crippen molar-refractivity contribution in [2.75, 3.05) is 31.4 Å². The van der Waals surface area contributed by atoms with Crippen LogP contribution in [0.25, 0.3) is 0 Å². The van der Waals surface area contributed by atoms with Gasteiger partial charge in [-0.1, -0.05) is 17.7 Å². The Kier molecular flexibility index (Phi) is 5.25. The van der Waals surface area contributed by atoms with Crippen LogP contribution in [0.15, 0.2) is 42.5 Å². The lowest BCUT2D eigenvalue weighted by atomic mass is 10.2. The van der Waals surface area contributed by atoms with Crippen LogP contribution in [0, 0.1) is 6.92 Å². The molecule has 116 valence electrons. The SMILES string of the molecule is COc1ccc(NCC(=O)Nc2ccc(C)cc2)cc1OC. The van der Waals surface area contributed by atoms with E-state index in [1.165, 1.54) is 0 Å². The van der Waals surface area contributed by atoms with E-state index in [0.29, 0.717) is 11.5 Å². The number of rotatable bonds is 6. The zero-order chi connectivity index (χ0) is 15.9. The molecule has 2 rings (SSSR count). The average Bonchev–Trinajstić information content (AvgIpc) is 2.54. The summed E-state index contributed by atoms with van der Waals surface area (Å²) in [5, 5.41) is 5.89. The van der Waals surface area contributed by atoms with Gasteiger partial charge in [0.25, 0.3) is 0 Å². The number of amides is 1. The molecule has 2 aromatic carbocycles. The van der Waals surface area contributed by atoms with Crippen molar-refractivity contribution in [2.24, 2.45) is 0 Å². The third-order valence-corrected chi connectivity index (χ3v) is 3.17. The maximum absolute atomic E-state index is 11.9. The molecule has 0 bridgehead atoms. The molecule has 0 saturated heterocycles. The average molecular weight is 300 g/mol. The van der Waals surface area contributed by atoms with Crippen LogP contribution in [0.1, 0.15) is 5.56 Å². The molecule has 0 atom stereocenters. The van der Waals surface area contributed by atoms with Gasteiger partial charge in [0.2, 0.25) is 5.91 Å². The number of hydrogen-bond acceptors (Lipinski definition) is 4. The van der Waals surface area contributed by atoms with Crippen molar-refractivity contribution >= 4 is 17.3 Å². The highest BCUT2D eigenvalue weighted by atomic mass is 16.5. The lowest BCUT2D eigenvalue weighted by molar-refractivity contribution is -0.114. The molecule has 0 heterocycles. The first kappa shape index (κ1) is 15.7. The van der Waals surface area contributed by atoms with Crippen LogP contribution in [-0.4, -0.2) is 26.7 Å². The van der Waals surface area contributed by atoms with E-state index in [9.17, 15) is 4.79 Å². The molecular formula is C17H20N2O3. The van der Waals surface area contributed by atoms with Crippen molar-refractivity contribution in [1.82, 2.24) is 0 Å². The molecule has 0 aliphatic rings. The van der Waals surface area contributed by atoms with Gasteiger partial charge in [0.05, 0.1) is 20.8 Å². The smallest absolute Gasteiger partial charge is 0.243 e. The molecular weight excluding hydrogens is 280 g/mol. The number of anilines is 2. The van der Waals surface area contributed by atoms with E-state index in [0.717, 1.165) is 16.9 Å². The van der Waals surface area contributed by atoms with E-state index in [-0.39, 0.29) is 12.5 Å². The number of nitrogens with one attached hydrogen (secondary N) is 2. The summed E-state index contributed by atoms with van der Waals surface area (Å²) in [7, 11) is 3.16. The summed E-state index contributed by atoms with van der Waals surface area (Å²) in [6, 6.07) is 13.1. The van der Waals surface area contributed by atoms with Gasteiger partial charge in [-0.2, -0.15) is 0 Å². The fraction of sp³-hybridized carbons (Fsp3) is 0.235. The van der Waals surface area contributed by atoms with Crippen LogP contribution in [0.5, 0.6) is 11.5 Å². The van der Waals surface area contributed by atoms with Crippen LogP contribution in [0.4, 0.5) is 11.4 Å². The van der Waals surface area contributed by atoms with E-state index < -0.39 is 0 Å². The third kappa shape index (κ3) is 4.15. The third-order valence-electron chi connectivity index (χ3n) is 3.17. The van der Waals surface area contributed by atoms with Gasteiger partial charge in [0.15, 0.2) is 11.5 Å². The zero-order valence-electron chi connectivity index (χ0n) is 13.0. The number of benzene rings is 2. The molecule has 0 radical (unpaired) electrons. The second-order valence-electron chi connectivity index (χ2n) is 4.84. The molecule has 0 spiro atoms. The molecule has 0 aliphatic carbocycles. The molecule has 0 unspecified atom stereocenters. The first-order chi connectivity index (χ1) is 10.6. The number of carbonyl (C=O) groups excluding carboxylic acids is 1. The Balaban J connectivity index is 1.92. The fourth-order valence-corrected chi connectivity index (χ4v) is 1.97. The Morgan fingerprint density at radius 1 is 0.955 bits per heavy atom. The van der Waals surface area contributed by atoms with Crippen LogP contribution < -0.4 is 20.1 Å². The fourth-order valence-electron chi connectivity index (χ4n) is 1.97. The van der Waals surface area contributed by atoms with Gasteiger partial charge in [-0.15, -0.1) is 0 Å². The number of carbonyl (C=O) groups is 1. The van der Waals surface area contributed by atoms with E-state index in [2.05, 4.69) is 10.6 Å². The molecule has 0 fully saturated rings. The van der Waals surface area contributed by atoms with E-state index in [1.807, 2.05) is 37.3 Å². The second kappa shape index (κ2) is 7.36. The zero-order valence-corrected chi connectivity index (χ0v) is 13.0. The quantitative estimate of drug-likeness (QED) is 0.861. The Hall–Kier alpha value is -2.69. The Morgan fingerprint density at radius 3 is 2.23 bits per heavy atom. The molecule has 2 N–H and O–H groups in total. The summed E-state index contributed by atoms with van der Waals surface area (Å²) < 4.78 is 10.4. The van der Waals surface area contributed by atoms with Crippen molar-refractivity contribution < 1.29 is 14.3 Å². The molecule has 5 nitrogen and oxygen atoms in total. The summed E-state index contributed by atoms with van der Waals surface area (Å²) >= 11 is 0. The first-order valence-corrected chi connectivity index (χ1v) is 6.95. The Labute approximate surface area is 130 Å². The highest BCUT2D eigenvalue weighted by Crippen LogP contribution is 2.29. The van der Waals surface area contributed by atoms with Crippen LogP contribution in [0.2, 0.25) is 0 Å². The number of aryl methyl sites for hydroxylation is 1. The summed E-state index contributed by atoms with van der Waals surface area (Å²) in [6.45, 7) is 2.17. The van der Waals surface area contributed by atoms with Crippen LogP contribution in [-0.2, 0) is 4.79 Å². The van der Waals surface area contributed by atoms with Gasteiger partial charge >= 0.3 is 0 Å². The summed E-state index contributed by atoms with van der Waals surface area (Å²) in [5.41, 5.74) is 2.72. The lowest BCUT2D eigenvalue weighted by Gasteiger charge is -2.11. The van der Waals surface area contributed by atoms with Crippen molar-refractivity contribution in [1.29, 1.82) is 0 Å². The predicted octanol–water partition coefficient (Wildman–Crippen LogP) is 3.06. The Bertz CT molecular complexity index is 639. The minimum Gasteiger partial charge on any atom is -0.493 e. The van der Waals surface area contributed by atoms with E-state index in [4.69, 9.17) is 9.47 Å². The highest BCUT2D eigenvalue weighted by Gasteiger charge is 2.06. The molecule has 1 amide bonds. The molecule has 0 aliphatic heterocycles. The first-order valence-electron chi connectivity index (χ1n) is 6.95.